The largest absolute Gasteiger partial charge is 0.291 e. The quantitative estimate of drug-likeness (QED) is 0.488. The van der Waals surface area contributed by atoms with Gasteiger partial charge in [0.2, 0.25) is 0 Å². The van der Waals surface area contributed by atoms with E-state index in [1.165, 1.54) is 12.1 Å². The summed E-state index contributed by atoms with van der Waals surface area (Å²) in [7, 11) is 0. The lowest BCUT2D eigenvalue weighted by molar-refractivity contribution is -0.123. The third-order valence-electron chi connectivity index (χ3n) is 2.26. The van der Waals surface area contributed by atoms with E-state index in [2.05, 4.69) is 0 Å². The zero-order valence-corrected chi connectivity index (χ0v) is 10.9. The van der Waals surface area contributed by atoms with Crippen LogP contribution in [-0.4, -0.2) is 26.5 Å². The predicted molar refractivity (Wildman–Crippen MR) is 65.4 cm³/mol. The van der Waals surface area contributed by atoms with Crippen molar-refractivity contribution in [1.82, 2.24) is 10.4 Å². The molecule has 0 aromatic heterocycles. The third-order valence-corrected chi connectivity index (χ3v) is 2.78. The summed E-state index contributed by atoms with van der Waals surface area (Å²) in [4.78, 5) is 35.1. The molecule has 1 aliphatic heterocycles. The molecule has 0 spiro atoms. The van der Waals surface area contributed by atoms with Crippen LogP contribution in [0.2, 0.25) is 0 Å². The standard InChI is InChI=1S/C10H5Cl3N2O3/c11-10(12,13)9(18)14-15-7(16)5-3-1-2-4-6(5)8(15)17/h1-4H,(H,14,18)/i15+1. The average Bonchev–Trinajstić information content (AvgIpc) is 2.54. The van der Waals surface area contributed by atoms with Gasteiger partial charge in [-0.15, -0.1) is 0 Å². The number of hydrogen-bond donors (Lipinski definition) is 1. The number of hydrogen-bond acceptors (Lipinski definition) is 3. The first-order chi connectivity index (χ1) is 8.32. The predicted octanol–water partition coefficient (Wildman–Crippen LogP) is 1.68. The van der Waals surface area contributed by atoms with E-state index < -0.39 is 21.5 Å². The van der Waals surface area contributed by atoms with E-state index in [1.54, 1.807) is 12.1 Å². The first kappa shape index (κ1) is 13.1. The van der Waals surface area contributed by atoms with Crippen molar-refractivity contribution in [1.29, 1.82) is 0 Å². The number of rotatable bonds is 1. The molecule has 0 saturated carbocycles. The minimum Gasteiger partial charge on any atom is -0.268 e. The topological polar surface area (TPSA) is 66.5 Å². The Morgan fingerprint density at radius 3 is 1.89 bits per heavy atom. The van der Waals surface area contributed by atoms with E-state index in [0.717, 1.165) is 0 Å². The van der Waals surface area contributed by atoms with Crippen molar-refractivity contribution in [2.24, 2.45) is 0 Å². The van der Waals surface area contributed by atoms with Crippen LogP contribution in [0.4, 0.5) is 0 Å². The summed E-state index contributed by atoms with van der Waals surface area (Å²) < 4.78 is -2.25. The third kappa shape index (κ3) is 2.16. The second-order valence-electron chi connectivity index (χ2n) is 3.43. The summed E-state index contributed by atoms with van der Waals surface area (Å²) in [5, 5.41) is 0.523. The lowest BCUT2D eigenvalue weighted by Crippen LogP contribution is -2.49. The Kier molecular flexibility index (Phi) is 3.23. The van der Waals surface area contributed by atoms with Crippen LogP contribution >= 0.6 is 34.8 Å². The molecule has 0 bridgehead atoms. The molecule has 1 heterocycles. The highest BCUT2D eigenvalue weighted by molar-refractivity contribution is 6.76. The summed E-state index contributed by atoms with van der Waals surface area (Å²) in [6, 6.07) is 6.14. The van der Waals surface area contributed by atoms with E-state index in [-0.39, 0.29) is 11.1 Å². The Balaban J connectivity index is 2.27. The van der Waals surface area contributed by atoms with Gasteiger partial charge in [-0.3, -0.25) is 19.8 Å². The van der Waals surface area contributed by atoms with Crippen molar-refractivity contribution in [3.63, 3.8) is 0 Å². The molecule has 0 unspecified atom stereocenters. The van der Waals surface area contributed by atoms with Gasteiger partial charge < -0.3 is 0 Å². The number of nitrogens with one attached hydrogen (secondary N) is 1. The van der Waals surface area contributed by atoms with Gasteiger partial charge in [0.25, 0.3) is 21.5 Å². The van der Waals surface area contributed by atoms with Crippen molar-refractivity contribution in [3.05, 3.63) is 35.4 Å². The fraction of sp³-hybridized carbons (Fsp3) is 0.100. The van der Waals surface area contributed by atoms with Gasteiger partial charge in [0, 0.05) is 0 Å². The molecular formula is C10H5Cl3N2O3. The van der Waals surface area contributed by atoms with Gasteiger partial charge in [0.1, 0.15) is 0 Å². The highest BCUT2D eigenvalue weighted by Gasteiger charge is 2.40. The Morgan fingerprint density at radius 1 is 1.06 bits per heavy atom. The van der Waals surface area contributed by atoms with E-state index in [1.807, 2.05) is 5.43 Å². The van der Waals surface area contributed by atoms with Crippen molar-refractivity contribution in [2.45, 2.75) is 3.79 Å². The van der Waals surface area contributed by atoms with Crippen LogP contribution in [0, 0.1) is 0 Å². The molecule has 0 aliphatic carbocycles. The number of nitrogens with zero attached hydrogens (tertiary/aromatic N) is 1. The molecule has 1 aromatic carbocycles. The monoisotopic (exact) mass is 307 g/mol. The first-order valence-electron chi connectivity index (χ1n) is 4.68. The van der Waals surface area contributed by atoms with Gasteiger partial charge >= 0.3 is 0 Å². The van der Waals surface area contributed by atoms with Crippen LogP contribution < -0.4 is 5.43 Å². The number of carbonyl (C=O) groups is 3. The second-order valence-corrected chi connectivity index (χ2v) is 5.71. The molecular weight excluding hydrogens is 303 g/mol. The molecule has 1 aromatic rings. The summed E-state index contributed by atoms with van der Waals surface area (Å²) in [6.45, 7) is 0. The molecule has 3 amide bonds. The van der Waals surface area contributed by atoms with E-state index in [4.69, 9.17) is 34.8 Å². The molecule has 94 valence electrons. The van der Waals surface area contributed by atoms with Gasteiger partial charge in [0.05, 0.1) is 11.1 Å². The number of halogens is 3. The molecule has 2 rings (SSSR count). The highest BCUT2D eigenvalue weighted by atomic mass is 35.6. The molecule has 0 atom stereocenters. The molecule has 0 saturated heterocycles. The Hall–Kier alpha value is -1.30. The average molecular weight is 309 g/mol. The van der Waals surface area contributed by atoms with Crippen LogP contribution in [0.1, 0.15) is 20.7 Å². The second kappa shape index (κ2) is 4.42. The number of carbonyl (C=O) groups excluding carboxylic acids is 3. The molecule has 1 N–H and O–H groups in total. The number of fused-ring (bicyclic) bond motifs is 1. The van der Waals surface area contributed by atoms with Crippen LogP contribution in [0.15, 0.2) is 24.3 Å². The summed E-state index contributed by atoms with van der Waals surface area (Å²) >= 11 is 16.0. The van der Waals surface area contributed by atoms with Gasteiger partial charge in [-0.2, -0.15) is 5.01 Å². The number of amides is 3. The lowest BCUT2D eigenvalue weighted by atomic mass is 10.1. The Bertz CT molecular complexity index is 519. The molecule has 18 heavy (non-hydrogen) atoms. The zero-order chi connectivity index (χ0) is 13.5. The fourth-order valence-electron chi connectivity index (χ4n) is 1.46. The van der Waals surface area contributed by atoms with Gasteiger partial charge in [-0.05, 0) is 12.1 Å². The van der Waals surface area contributed by atoms with E-state index in [0.29, 0.717) is 5.01 Å². The number of benzene rings is 1. The highest BCUT2D eigenvalue weighted by Crippen LogP contribution is 2.27. The summed E-state index contributed by atoms with van der Waals surface area (Å²) in [5.74, 6) is -2.42. The Morgan fingerprint density at radius 2 is 1.50 bits per heavy atom. The number of imide groups is 1. The van der Waals surface area contributed by atoms with Crippen molar-refractivity contribution in [2.75, 3.05) is 0 Å². The molecule has 1 aliphatic rings. The van der Waals surface area contributed by atoms with Crippen molar-refractivity contribution < 1.29 is 14.4 Å². The van der Waals surface area contributed by atoms with Crippen LogP contribution in [-0.2, 0) is 4.79 Å². The van der Waals surface area contributed by atoms with Crippen LogP contribution in [0.3, 0.4) is 0 Å². The SMILES string of the molecule is O=C1c2ccccc2C(=O)[15N]1NC(=O)C(Cl)(Cl)Cl. The molecule has 5 nitrogen and oxygen atoms in total. The fourth-order valence-corrected chi connectivity index (χ4v) is 1.58. The lowest BCUT2D eigenvalue weighted by Gasteiger charge is -2.18. The van der Waals surface area contributed by atoms with Gasteiger partial charge in [-0.25, -0.2) is 0 Å². The van der Waals surface area contributed by atoms with E-state index in [9.17, 15) is 14.4 Å². The van der Waals surface area contributed by atoms with Crippen molar-refractivity contribution in [3.8, 4) is 0 Å². The smallest absolute Gasteiger partial charge is 0.268 e. The Labute approximate surface area is 117 Å². The molecule has 8 heteroatoms. The molecule has 0 fully saturated rings. The number of hydrazine groups is 1. The normalized spacial score (nSPS) is 14.7. The minimum atomic E-state index is -2.25. The van der Waals surface area contributed by atoms with Gasteiger partial charge in [-0.1, -0.05) is 46.9 Å². The minimum absolute atomic E-state index is 0.187. The van der Waals surface area contributed by atoms with Gasteiger partial charge in [0.15, 0.2) is 0 Å². The zero-order valence-electron chi connectivity index (χ0n) is 8.62. The maximum Gasteiger partial charge on any atom is 0.291 e. The maximum absolute atomic E-state index is 11.8. The van der Waals surface area contributed by atoms with E-state index >= 15 is 0 Å². The summed E-state index contributed by atoms with van der Waals surface area (Å²) in [6.07, 6.45) is 0. The van der Waals surface area contributed by atoms with Crippen molar-refractivity contribution >= 4 is 52.5 Å². The van der Waals surface area contributed by atoms with Crippen LogP contribution in [0.25, 0.3) is 0 Å². The number of alkyl halides is 3. The first-order valence-corrected chi connectivity index (χ1v) is 5.81. The summed E-state index contributed by atoms with van der Waals surface area (Å²) in [5.41, 5.74) is 2.34. The van der Waals surface area contributed by atoms with Crippen LogP contribution in [0.5, 0.6) is 0 Å². The molecule has 0 radical (unpaired) electrons. The maximum atomic E-state index is 11.8.